The van der Waals surface area contributed by atoms with E-state index in [9.17, 15) is 9.18 Å². The first-order valence-electron chi connectivity index (χ1n) is 5.73. The highest BCUT2D eigenvalue weighted by Crippen LogP contribution is 2.17. The highest BCUT2D eigenvalue weighted by atomic mass is 19.1. The van der Waals surface area contributed by atoms with Crippen LogP contribution in [0, 0.1) is 5.82 Å². The topological polar surface area (TPSA) is 51.2 Å². The van der Waals surface area contributed by atoms with Crippen LogP contribution in [0.3, 0.4) is 0 Å². The van der Waals surface area contributed by atoms with Gasteiger partial charge in [-0.15, -0.1) is 0 Å². The van der Waals surface area contributed by atoms with Crippen molar-refractivity contribution in [2.24, 2.45) is 0 Å². The summed E-state index contributed by atoms with van der Waals surface area (Å²) in [4.78, 5) is 15.8. The van der Waals surface area contributed by atoms with Crippen molar-refractivity contribution in [3.8, 4) is 5.75 Å². The van der Waals surface area contributed by atoms with Gasteiger partial charge in [0.25, 0.3) is 5.91 Å². The molecule has 1 aromatic heterocycles. The zero-order chi connectivity index (χ0) is 13.7. The number of pyridine rings is 1. The summed E-state index contributed by atoms with van der Waals surface area (Å²) in [5.74, 6) is -0.299. The number of methoxy groups -OCH3 is 1. The summed E-state index contributed by atoms with van der Waals surface area (Å²) >= 11 is 0. The van der Waals surface area contributed by atoms with E-state index in [1.807, 2.05) is 0 Å². The molecule has 0 spiro atoms. The Labute approximate surface area is 110 Å². The number of halogens is 1. The van der Waals surface area contributed by atoms with E-state index in [0.29, 0.717) is 11.3 Å². The maximum Gasteiger partial charge on any atom is 0.255 e. The van der Waals surface area contributed by atoms with Crippen LogP contribution in [0.15, 0.2) is 42.6 Å². The number of carbonyl (C=O) groups is 1. The SMILES string of the molecule is COc1ccccc1C(=O)NCc1ncccc1F. The van der Waals surface area contributed by atoms with Gasteiger partial charge in [0.05, 0.1) is 24.9 Å². The molecular weight excluding hydrogens is 247 g/mol. The monoisotopic (exact) mass is 260 g/mol. The molecule has 0 saturated carbocycles. The maximum absolute atomic E-state index is 13.3. The van der Waals surface area contributed by atoms with Gasteiger partial charge in [0.1, 0.15) is 11.6 Å². The van der Waals surface area contributed by atoms with Gasteiger partial charge in [-0.2, -0.15) is 0 Å². The van der Waals surface area contributed by atoms with E-state index >= 15 is 0 Å². The second-order valence-corrected chi connectivity index (χ2v) is 3.81. The lowest BCUT2D eigenvalue weighted by Gasteiger charge is -2.09. The van der Waals surface area contributed by atoms with Crippen molar-refractivity contribution >= 4 is 5.91 Å². The predicted octanol–water partition coefficient (Wildman–Crippen LogP) is 2.16. The lowest BCUT2D eigenvalue weighted by Crippen LogP contribution is -2.24. The third-order valence-electron chi connectivity index (χ3n) is 2.60. The molecule has 1 aromatic carbocycles. The minimum absolute atomic E-state index is 0.0313. The van der Waals surface area contributed by atoms with Crippen LogP contribution in [0.1, 0.15) is 16.1 Å². The van der Waals surface area contributed by atoms with E-state index in [1.165, 1.54) is 25.4 Å². The molecule has 1 heterocycles. The number of carbonyl (C=O) groups excluding carboxylic acids is 1. The Morgan fingerprint density at radius 1 is 1.32 bits per heavy atom. The third-order valence-corrected chi connectivity index (χ3v) is 2.60. The molecule has 0 fully saturated rings. The van der Waals surface area contributed by atoms with Gasteiger partial charge in [0, 0.05) is 6.20 Å². The van der Waals surface area contributed by atoms with Crippen molar-refractivity contribution in [2.75, 3.05) is 7.11 Å². The summed E-state index contributed by atoms with van der Waals surface area (Å²) in [5.41, 5.74) is 0.604. The minimum atomic E-state index is -0.442. The highest BCUT2D eigenvalue weighted by molar-refractivity contribution is 5.96. The van der Waals surface area contributed by atoms with Gasteiger partial charge in [-0.25, -0.2) is 4.39 Å². The van der Waals surface area contributed by atoms with Crippen LogP contribution >= 0.6 is 0 Å². The number of para-hydroxylation sites is 1. The summed E-state index contributed by atoms with van der Waals surface area (Å²) in [7, 11) is 1.49. The van der Waals surface area contributed by atoms with Gasteiger partial charge in [-0.1, -0.05) is 12.1 Å². The van der Waals surface area contributed by atoms with Crippen LogP contribution in [0.2, 0.25) is 0 Å². The fourth-order valence-electron chi connectivity index (χ4n) is 1.64. The first-order chi connectivity index (χ1) is 9.22. The normalized spacial score (nSPS) is 10.0. The molecule has 0 aliphatic heterocycles. The van der Waals surface area contributed by atoms with Crippen molar-refractivity contribution in [1.29, 1.82) is 0 Å². The molecular formula is C14H13FN2O2. The summed E-state index contributed by atoms with van der Waals surface area (Å²) in [6, 6.07) is 9.64. The van der Waals surface area contributed by atoms with Gasteiger partial charge in [0.2, 0.25) is 0 Å². The molecule has 1 N–H and O–H groups in total. The molecule has 0 radical (unpaired) electrons. The summed E-state index contributed by atoms with van der Waals surface area (Å²) in [5, 5.41) is 2.61. The molecule has 2 aromatic rings. The van der Waals surface area contributed by atoms with Crippen molar-refractivity contribution in [2.45, 2.75) is 6.54 Å². The summed E-state index contributed by atoms with van der Waals surface area (Å²) in [6.45, 7) is 0.0313. The number of hydrogen-bond acceptors (Lipinski definition) is 3. The van der Waals surface area contributed by atoms with Crippen LogP contribution in [0.25, 0.3) is 0 Å². The van der Waals surface area contributed by atoms with E-state index in [1.54, 1.807) is 24.3 Å². The van der Waals surface area contributed by atoms with Crippen LogP contribution in [0.5, 0.6) is 5.75 Å². The zero-order valence-corrected chi connectivity index (χ0v) is 10.4. The van der Waals surface area contributed by atoms with E-state index in [2.05, 4.69) is 10.3 Å². The quantitative estimate of drug-likeness (QED) is 0.916. The van der Waals surface area contributed by atoms with E-state index < -0.39 is 5.82 Å². The van der Waals surface area contributed by atoms with Gasteiger partial charge in [0.15, 0.2) is 0 Å². The second kappa shape index (κ2) is 5.95. The Hall–Kier alpha value is -2.43. The lowest BCUT2D eigenvalue weighted by atomic mass is 10.2. The van der Waals surface area contributed by atoms with Crippen LogP contribution in [0.4, 0.5) is 4.39 Å². The highest BCUT2D eigenvalue weighted by Gasteiger charge is 2.12. The maximum atomic E-state index is 13.3. The number of amides is 1. The van der Waals surface area contributed by atoms with Crippen LogP contribution in [-0.2, 0) is 6.54 Å². The number of ether oxygens (including phenoxy) is 1. The molecule has 4 nitrogen and oxygen atoms in total. The molecule has 98 valence electrons. The molecule has 5 heteroatoms. The average Bonchev–Trinajstić information content (AvgIpc) is 2.46. The minimum Gasteiger partial charge on any atom is -0.496 e. The Balaban J connectivity index is 2.08. The standard InChI is InChI=1S/C14H13FN2O2/c1-19-13-7-3-2-5-10(13)14(18)17-9-12-11(15)6-4-8-16-12/h2-8H,9H2,1H3,(H,17,18). The molecule has 0 aliphatic carbocycles. The Morgan fingerprint density at radius 2 is 2.11 bits per heavy atom. The number of aromatic nitrogens is 1. The average molecular weight is 260 g/mol. The van der Waals surface area contributed by atoms with E-state index in [0.717, 1.165) is 0 Å². The van der Waals surface area contributed by atoms with Gasteiger partial charge >= 0.3 is 0 Å². The van der Waals surface area contributed by atoms with Crippen LogP contribution < -0.4 is 10.1 Å². The number of benzene rings is 1. The van der Waals surface area contributed by atoms with Gasteiger partial charge in [-0.3, -0.25) is 9.78 Å². The molecule has 0 unspecified atom stereocenters. The van der Waals surface area contributed by atoms with E-state index in [-0.39, 0.29) is 18.1 Å². The molecule has 0 saturated heterocycles. The molecule has 0 atom stereocenters. The first kappa shape index (κ1) is 13.0. The number of nitrogens with one attached hydrogen (secondary N) is 1. The molecule has 0 aliphatic rings. The van der Waals surface area contributed by atoms with Crippen molar-refractivity contribution in [3.05, 3.63) is 59.7 Å². The number of rotatable bonds is 4. The Bertz CT molecular complexity index is 587. The number of hydrogen-bond donors (Lipinski definition) is 1. The smallest absolute Gasteiger partial charge is 0.255 e. The lowest BCUT2D eigenvalue weighted by molar-refractivity contribution is 0.0947. The molecule has 2 rings (SSSR count). The van der Waals surface area contributed by atoms with Crippen molar-refractivity contribution in [1.82, 2.24) is 10.3 Å². The second-order valence-electron chi connectivity index (χ2n) is 3.81. The molecule has 0 bridgehead atoms. The Morgan fingerprint density at radius 3 is 2.84 bits per heavy atom. The molecule has 19 heavy (non-hydrogen) atoms. The van der Waals surface area contributed by atoms with Crippen LogP contribution in [-0.4, -0.2) is 18.0 Å². The van der Waals surface area contributed by atoms with Crippen molar-refractivity contribution < 1.29 is 13.9 Å². The fraction of sp³-hybridized carbons (Fsp3) is 0.143. The van der Waals surface area contributed by atoms with Gasteiger partial charge in [-0.05, 0) is 24.3 Å². The molecule has 1 amide bonds. The van der Waals surface area contributed by atoms with Gasteiger partial charge < -0.3 is 10.1 Å². The first-order valence-corrected chi connectivity index (χ1v) is 5.73. The summed E-state index contributed by atoms with van der Waals surface area (Å²) < 4.78 is 18.4. The third kappa shape index (κ3) is 3.07. The predicted molar refractivity (Wildman–Crippen MR) is 68.4 cm³/mol. The fourth-order valence-corrected chi connectivity index (χ4v) is 1.64. The largest absolute Gasteiger partial charge is 0.496 e. The van der Waals surface area contributed by atoms with E-state index in [4.69, 9.17) is 4.74 Å². The number of nitrogens with zero attached hydrogens (tertiary/aromatic N) is 1. The Kier molecular flexibility index (Phi) is 4.07. The zero-order valence-electron chi connectivity index (χ0n) is 10.4. The van der Waals surface area contributed by atoms with Crippen molar-refractivity contribution in [3.63, 3.8) is 0 Å². The summed E-state index contributed by atoms with van der Waals surface area (Å²) in [6.07, 6.45) is 1.48.